The molecule has 32 heavy (non-hydrogen) atoms. The van der Waals surface area contributed by atoms with Gasteiger partial charge in [-0.3, -0.25) is 4.79 Å². The first-order valence-corrected chi connectivity index (χ1v) is 10.5. The van der Waals surface area contributed by atoms with Crippen molar-refractivity contribution in [2.75, 3.05) is 7.11 Å². The van der Waals surface area contributed by atoms with Crippen LogP contribution in [0, 0.1) is 6.92 Å². The molecule has 1 N–H and O–H groups in total. The molecule has 0 saturated heterocycles. The number of carbonyl (C=O) groups is 2. The van der Waals surface area contributed by atoms with Crippen molar-refractivity contribution >= 4 is 40.1 Å². The first-order valence-electron chi connectivity index (χ1n) is 9.75. The van der Waals surface area contributed by atoms with E-state index in [1.807, 2.05) is 19.1 Å². The van der Waals surface area contributed by atoms with Gasteiger partial charge in [0, 0.05) is 29.8 Å². The maximum Gasteiger partial charge on any atom is 0.336 e. The van der Waals surface area contributed by atoms with Crippen LogP contribution in [0.5, 0.6) is 5.88 Å². The molecule has 2 aromatic heterocycles. The molecule has 0 spiro atoms. The fraction of sp³-hybridized carbons (Fsp3) is 0.125. The number of nitrogens with zero attached hydrogens (tertiary/aromatic N) is 3. The molecular weight excluding hydrogens is 426 g/mol. The fourth-order valence-corrected chi connectivity index (χ4v) is 3.92. The highest BCUT2D eigenvalue weighted by Gasteiger charge is 2.24. The molecule has 7 nitrogen and oxygen atoms in total. The number of benzene rings is 2. The summed E-state index contributed by atoms with van der Waals surface area (Å²) in [6, 6.07) is 15.5. The number of carbonyl (C=O) groups excluding carboxylic acids is 1. The number of carboxylic acid groups (broad SMARTS) is 1. The van der Waals surface area contributed by atoms with Crippen LogP contribution in [-0.2, 0) is 11.2 Å². The Morgan fingerprint density at radius 2 is 1.69 bits per heavy atom. The number of aliphatic carboxylic acids is 1. The maximum absolute atomic E-state index is 13.6. The Hall–Kier alpha value is -3.91. The van der Waals surface area contributed by atoms with Crippen LogP contribution < -0.4 is 4.74 Å². The van der Waals surface area contributed by atoms with Gasteiger partial charge >= 0.3 is 5.97 Å². The highest BCUT2D eigenvalue weighted by molar-refractivity contribution is 7.00. The van der Waals surface area contributed by atoms with Gasteiger partial charge in [-0.2, -0.15) is 8.75 Å². The topological polar surface area (TPSA) is 102 Å². The predicted molar refractivity (Wildman–Crippen MR) is 122 cm³/mol. The summed E-state index contributed by atoms with van der Waals surface area (Å²) >= 11 is 1.05. The number of allylic oxidation sites excluding steroid dienone is 1. The van der Waals surface area contributed by atoms with Gasteiger partial charge in [-0.1, -0.05) is 35.9 Å². The Bertz CT molecular complexity index is 1340. The lowest BCUT2D eigenvalue weighted by atomic mass is 9.89. The molecule has 0 atom stereocenters. The summed E-state index contributed by atoms with van der Waals surface area (Å²) in [6.45, 7) is 1.92. The Morgan fingerprint density at radius 3 is 2.41 bits per heavy atom. The average Bonchev–Trinajstić information content (AvgIpc) is 3.26. The molecule has 8 heteroatoms. The number of fused-ring (bicyclic) bond motifs is 1. The van der Waals surface area contributed by atoms with Gasteiger partial charge in [0.25, 0.3) is 0 Å². The van der Waals surface area contributed by atoms with Gasteiger partial charge < -0.3 is 9.84 Å². The number of hydrogen-bond acceptors (Lipinski definition) is 7. The van der Waals surface area contributed by atoms with E-state index in [0.29, 0.717) is 33.6 Å². The third-order valence-corrected chi connectivity index (χ3v) is 5.59. The molecule has 0 saturated carbocycles. The van der Waals surface area contributed by atoms with E-state index in [1.54, 1.807) is 48.7 Å². The van der Waals surface area contributed by atoms with E-state index in [1.165, 1.54) is 7.11 Å². The second-order valence-corrected chi connectivity index (χ2v) is 7.73. The molecule has 0 bridgehead atoms. The molecule has 0 fully saturated rings. The van der Waals surface area contributed by atoms with Gasteiger partial charge in [0.15, 0.2) is 5.78 Å². The lowest BCUT2D eigenvalue weighted by molar-refractivity contribution is -0.130. The van der Waals surface area contributed by atoms with Crippen LogP contribution in [0.2, 0.25) is 0 Å². The van der Waals surface area contributed by atoms with E-state index in [9.17, 15) is 14.7 Å². The highest BCUT2D eigenvalue weighted by atomic mass is 32.1. The minimum Gasteiger partial charge on any atom is -0.481 e. The van der Waals surface area contributed by atoms with Gasteiger partial charge in [0.2, 0.25) is 5.88 Å². The molecular formula is C24H19N3O4S. The summed E-state index contributed by atoms with van der Waals surface area (Å²) in [5, 5.41) is 10.2. The number of Topliss-reactive ketones (excluding diaryl/α,β-unsaturated/α-hetero) is 1. The van der Waals surface area contributed by atoms with Crippen molar-refractivity contribution in [2.24, 2.45) is 0 Å². The molecule has 0 aliphatic rings. The summed E-state index contributed by atoms with van der Waals surface area (Å²) in [6.07, 6.45) is 1.66. The monoisotopic (exact) mass is 445 g/mol. The van der Waals surface area contributed by atoms with Crippen LogP contribution in [0.1, 0.15) is 27.0 Å². The number of ketones is 1. The summed E-state index contributed by atoms with van der Waals surface area (Å²) in [7, 11) is 1.50. The first-order chi connectivity index (χ1) is 15.5. The van der Waals surface area contributed by atoms with Gasteiger partial charge in [0.1, 0.15) is 11.0 Å². The first kappa shape index (κ1) is 21.3. The van der Waals surface area contributed by atoms with E-state index in [0.717, 1.165) is 17.3 Å². The molecule has 2 aromatic carbocycles. The quantitative estimate of drug-likeness (QED) is 0.333. The lowest BCUT2D eigenvalue weighted by Gasteiger charge is -2.13. The normalized spacial score (nSPS) is 11.8. The number of aromatic nitrogens is 3. The van der Waals surface area contributed by atoms with Crippen LogP contribution in [0.25, 0.3) is 16.6 Å². The molecule has 0 aliphatic carbocycles. The van der Waals surface area contributed by atoms with E-state index in [-0.39, 0.29) is 23.4 Å². The largest absolute Gasteiger partial charge is 0.481 e. The Balaban J connectivity index is 1.91. The molecule has 160 valence electrons. The average molecular weight is 446 g/mol. The van der Waals surface area contributed by atoms with Crippen molar-refractivity contribution in [1.82, 2.24) is 13.7 Å². The van der Waals surface area contributed by atoms with Gasteiger partial charge in [-0.15, -0.1) is 0 Å². The zero-order valence-corrected chi connectivity index (χ0v) is 18.2. The van der Waals surface area contributed by atoms with Crippen molar-refractivity contribution in [1.29, 1.82) is 0 Å². The molecule has 0 radical (unpaired) electrons. The van der Waals surface area contributed by atoms with Crippen molar-refractivity contribution in [2.45, 2.75) is 13.3 Å². The summed E-state index contributed by atoms with van der Waals surface area (Å²) in [5.74, 6) is -1.16. The Morgan fingerprint density at radius 1 is 0.969 bits per heavy atom. The number of pyridine rings is 1. The number of rotatable bonds is 7. The fourth-order valence-electron chi connectivity index (χ4n) is 3.40. The second-order valence-electron chi connectivity index (χ2n) is 7.20. The molecule has 4 aromatic rings. The molecule has 2 heterocycles. The summed E-state index contributed by atoms with van der Waals surface area (Å²) < 4.78 is 13.6. The van der Waals surface area contributed by atoms with E-state index >= 15 is 0 Å². The molecule has 4 rings (SSSR count). The summed E-state index contributed by atoms with van der Waals surface area (Å²) in [4.78, 5) is 30.1. The van der Waals surface area contributed by atoms with Crippen LogP contribution in [0.15, 0.2) is 66.4 Å². The molecule has 0 unspecified atom stereocenters. The Kier molecular flexibility index (Phi) is 6.04. The standard InChI is InChI=1S/C24H19N3O4S/c1-14-3-5-16(6-4-14)23(28)18(11-15-9-10-25-21(12-15)31-2)22(24(29)30)17-7-8-19-20(13-17)27-32-26-19/h3-10,12-13H,11H2,1-2H3,(H,29,30). The molecule has 0 aliphatic heterocycles. The Labute approximate surface area is 188 Å². The highest BCUT2D eigenvalue weighted by Crippen LogP contribution is 2.28. The number of aryl methyl sites for hydroxylation is 1. The van der Waals surface area contributed by atoms with Gasteiger partial charge in [-0.25, -0.2) is 9.78 Å². The van der Waals surface area contributed by atoms with Crippen LogP contribution in [-0.4, -0.2) is 37.7 Å². The molecule has 0 amide bonds. The summed E-state index contributed by atoms with van der Waals surface area (Å²) in [5.41, 5.74) is 3.88. The van der Waals surface area contributed by atoms with Crippen molar-refractivity contribution in [3.05, 3.63) is 88.6 Å². The third kappa shape index (κ3) is 4.40. The zero-order valence-electron chi connectivity index (χ0n) is 17.4. The van der Waals surface area contributed by atoms with Crippen LogP contribution in [0.4, 0.5) is 0 Å². The van der Waals surface area contributed by atoms with E-state index in [4.69, 9.17) is 4.74 Å². The third-order valence-electron chi connectivity index (χ3n) is 5.04. The van der Waals surface area contributed by atoms with Crippen LogP contribution >= 0.6 is 11.7 Å². The lowest BCUT2D eigenvalue weighted by Crippen LogP contribution is -2.14. The number of ether oxygens (including phenoxy) is 1. The maximum atomic E-state index is 13.6. The van der Waals surface area contributed by atoms with Gasteiger partial charge in [0.05, 0.1) is 24.4 Å². The van der Waals surface area contributed by atoms with E-state index < -0.39 is 5.97 Å². The van der Waals surface area contributed by atoms with Gasteiger partial charge in [-0.05, 0) is 36.2 Å². The van der Waals surface area contributed by atoms with Crippen LogP contribution in [0.3, 0.4) is 0 Å². The van der Waals surface area contributed by atoms with E-state index in [2.05, 4.69) is 13.7 Å². The SMILES string of the molecule is COc1cc(CC(C(=O)c2ccc(C)cc2)=C(C(=O)O)c2ccc3nsnc3c2)ccn1. The van der Waals surface area contributed by atoms with Crippen molar-refractivity contribution < 1.29 is 19.4 Å². The number of methoxy groups -OCH3 is 1. The minimum absolute atomic E-state index is 0.0683. The smallest absolute Gasteiger partial charge is 0.336 e. The number of hydrogen-bond donors (Lipinski definition) is 1. The van der Waals surface area contributed by atoms with Crippen molar-refractivity contribution in [3.8, 4) is 5.88 Å². The zero-order chi connectivity index (χ0) is 22.7. The minimum atomic E-state index is -1.19. The second kappa shape index (κ2) is 9.07. The van der Waals surface area contributed by atoms with Crippen molar-refractivity contribution in [3.63, 3.8) is 0 Å². The predicted octanol–water partition coefficient (Wildman–Crippen LogP) is 4.37. The number of carboxylic acids is 1.